The Bertz CT molecular complexity index is 447. The van der Waals surface area contributed by atoms with E-state index in [0.717, 1.165) is 18.4 Å². The fourth-order valence-corrected chi connectivity index (χ4v) is 3.58. The van der Waals surface area contributed by atoms with Crippen molar-refractivity contribution in [2.45, 2.75) is 72.1 Å². The van der Waals surface area contributed by atoms with Gasteiger partial charge < -0.3 is 5.32 Å². The van der Waals surface area contributed by atoms with Gasteiger partial charge >= 0.3 is 0 Å². The summed E-state index contributed by atoms with van der Waals surface area (Å²) < 4.78 is 0. The van der Waals surface area contributed by atoms with Crippen molar-refractivity contribution in [2.75, 3.05) is 11.9 Å². The van der Waals surface area contributed by atoms with Gasteiger partial charge in [-0.3, -0.25) is 0 Å². The molecular weight excluding hydrogens is 254 g/mol. The molecule has 1 aliphatic rings. The first-order valence-electron chi connectivity index (χ1n) is 8.85. The predicted molar refractivity (Wildman–Crippen MR) is 94.2 cm³/mol. The van der Waals surface area contributed by atoms with Crippen LogP contribution in [0.5, 0.6) is 0 Å². The van der Waals surface area contributed by atoms with Crippen LogP contribution >= 0.6 is 0 Å². The van der Waals surface area contributed by atoms with E-state index in [4.69, 9.17) is 0 Å². The number of nitrogens with one attached hydrogen (secondary N) is 1. The minimum Gasteiger partial charge on any atom is -0.385 e. The van der Waals surface area contributed by atoms with E-state index >= 15 is 0 Å². The Hall–Kier alpha value is -0.980. The summed E-state index contributed by atoms with van der Waals surface area (Å²) in [6.45, 7) is 12.7. The van der Waals surface area contributed by atoms with Crippen LogP contribution in [-0.2, 0) is 0 Å². The van der Waals surface area contributed by atoms with Crippen molar-refractivity contribution in [1.29, 1.82) is 0 Å². The molecule has 0 amide bonds. The summed E-state index contributed by atoms with van der Waals surface area (Å²) >= 11 is 0. The Kier molecular flexibility index (Phi) is 5.72. The first-order valence-corrected chi connectivity index (χ1v) is 8.85. The number of rotatable bonds is 5. The first kappa shape index (κ1) is 16.4. The number of benzene rings is 1. The standard InChI is InChI=1S/C20H33N/c1-14(2)18-9-10-20(19(12-18)15(3)4)21-13-17-8-6-7-16(5)11-17/h9-10,12,14-17,21H,6-8,11,13H2,1-5H3. The zero-order chi connectivity index (χ0) is 15.4. The monoisotopic (exact) mass is 287 g/mol. The van der Waals surface area contributed by atoms with Gasteiger partial charge in [0.25, 0.3) is 0 Å². The Balaban J connectivity index is 2.05. The van der Waals surface area contributed by atoms with Crippen molar-refractivity contribution in [3.63, 3.8) is 0 Å². The van der Waals surface area contributed by atoms with Gasteiger partial charge in [-0.2, -0.15) is 0 Å². The van der Waals surface area contributed by atoms with E-state index in [0.29, 0.717) is 11.8 Å². The van der Waals surface area contributed by atoms with Gasteiger partial charge in [0.1, 0.15) is 0 Å². The second kappa shape index (κ2) is 7.33. The summed E-state index contributed by atoms with van der Waals surface area (Å²) in [5, 5.41) is 3.75. The molecule has 1 aromatic rings. The lowest BCUT2D eigenvalue weighted by Gasteiger charge is -2.28. The summed E-state index contributed by atoms with van der Waals surface area (Å²) in [5.41, 5.74) is 4.29. The topological polar surface area (TPSA) is 12.0 Å². The van der Waals surface area contributed by atoms with E-state index in [1.54, 1.807) is 0 Å². The largest absolute Gasteiger partial charge is 0.385 e. The SMILES string of the molecule is CC1CCCC(CNc2ccc(C(C)C)cc2C(C)C)C1. The third-order valence-corrected chi connectivity index (χ3v) is 4.99. The summed E-state index contributed by atoms with van der Waals surface area (Å²) in [5.74, 6) is 2.96. The molecule has 0 bridgehead atoms. The number of anilines is 1. The van der Waals surface area contributed by atoms with Gasteiger partial charge in [-0.25, -0.2) is 0 Å². The van der Waals surface area contributed by atoms with Crippen LogP contribution in [0.2, 0.25) is 0 Å². The van der Waals surface area contributed by atoms with E-state index in [2.05, 4.69) is 58.1 Å². The predicted octanol–water partition coefficient (Wildman–Crippen LogP) is 6.17. The average molecular weight is 287 g/mol. The summed E-state index contributed by atoms with van der Waals surface area (Å²) in [6.07, 6.45) is 5.64. The second-order valence-electron chi connectivity index (χ2n) is 7.67. The minimum atomic E-state index is 0.580. The highest BCUT2D eigenvalue weighted by atomic mass is 14.9. The Morgan fingerprint density at radius 1 is 1.10 bits per heavy atom. The van der Waals surface area contributed by atoms with Gasteiger partial charge in [0.15, 0.2) is 0 Å². The molecule has 0 radical (unpaired) electrons. The maximum atomic E-state index is 3.75. The number of hydrogen-bond acceptors (Lipinski definition) is 1. The molecule has 0 heterocycles. The van der Waals surface area contributed by atoms with Crippen LogP contribution in [0.25, 0.3) is 0 Å². The molecule has 0 saturated heterocycles. The van der Waals surface area contributed by atoms with Crippen molar-refractivity contribution in [3.8, 4) is 0 Å². The van der Waals surface area contributed by atoms with Gasteiger partial charge in [0.2, 0.25) is 0 Å². The molecule has 1 aliphatic carbocycles. The molecule has 2 unspecified atom stereocenters. The Labute approximate surface area is 131 Å². The third-order valence-electron chi connectivity index (χ3n) is 4.99. The molecule has 2 rings (SSSR count). The van der Waals surface area contributed by atoms with Crippen LogP contribution in [0, 0.1) is 11.8 Å². The average Bonchev–Trinajstić information content (AvgIpc) is 2.44. The van der Waals surface area contributed by atoms with E-state index in [1.807, 2.05) is 0 Å². The van der Waals surface area contributed by atoms with Gasteiger partial charge in [-0.1, -0.05) is 59.6 Å². The molecule has 1 nitrogen and oxygen atoms in total. The highest BCUT2D eigenvalue weighted by Gasteiger charge is 2.19. The lowest BCUT2D eigenvalue weighted by Crippen LogP contribution is -2.21. The quantitative estimate of drug-likeness (QED) is 0.682. The molecular formula is C20H33N. The molecule has 2 atom stereocenters. The van der Waals surface area contributed by atoms with Crippen LogP contribution in [0.4, 0.5) is 5.69 Å². The molecule has 0 spiro atoms. The minimum absolute atomic E-state index is 0.580. The van der Waals surface area contributed by atoms with Gasteiger partial charge in [-0.05, 0) is 53.7 Å². The maximum Gasteiger partial charge on any atom is 0.0375 e. The van der Waals surface area contributed by atoms with Gasteiger partial charge in [-0.15, -0.1) is 0 Å². The fourth-order valence-electron chi connectivity index (χ4n) is 3.58. The van der Waals surface area contributed by atoms with E-state index in [1.165, 1.54) is 42.5 Å². The van der Waals surface area contributed by atoms with Gasteiger partial charge in [0.05, 0.1) is 0 Å². The van der Waals surface area contributed by atoms with Crippen LogP contribution in [0.1, 0.15) is 83.3 Å². The number of hydrogen-bond donors (Lipinski definition) is 1. The van der Waals surface area contributed by atoms with Crippen molar-refractivity contribution in [2.24, 2.45) is 11.8 Å². The van der Waals surface area contributed by atoms with Crippen LogP contribution < -0.4 is 5.32 Å². The molecule has 1 N–H and O–H groups in total. The second-order valence-corrected chi connectivity index (χ2v) is 7.67. The van der Waals surface area contributed by atoms with Crippen LogP contribution in [-0.4, -0.2) is 6.54 Å². The van der Waals surface area contributed by atoms with Gasteiger partial charge in [0, 0.05) is 12.2 Å². The summed E-state index contributed by atoms with van der Waals surface area (Å²) in [4.78, 5) is 0. The third kappa shape index (κ3) is 4.49. The zero-order valence-corrected chi connectivity index (χ0v) is 14.6. The molecule has 1 fully saturated rings. The molecule has 118 valence electrons. The van der Waals surface area contributed by atoms with Crippen molar-refractivity contribution >= 4 is 5.69 Å². The maximum absolute atomic E-state index is 3.75. The summed E-state index contributed by atoms with van der Waals surface area (Å²) in [6, 6.07) is 7.00. The molecule has 1 heteroatoms. The summed E-state index contributed by atoms with van der Waals surface area (Å²) in [7, 11) is 0. The zero-order valence-electron chi connectivity index (χ0n) is 14.6. The smallest absolute Gasteiger partial charge is 0.0375 e. The Morgan fingerprint density at radius 2 is 1.86 bits per heavy atom. The first-order chi connectivity index (χ1) is 9.97. The normalized spacial score (nSPS) is 22.8. The van der Waals surface area contributed by atoms with Crippen molar-refractivity contribution in [1.82, 2.24) is 0 Å². The molecule has 21 heavy (non-hydrogen) atoms. The molecule has 1 saturated carbocycles. The van der Waals surface area contributed by atoms with E-state index in [-0.39, 0.29) is 0 Å². The highest BCUT2D eigenvalue weighted by Crippen LogP contribution is 2.31. The van der Waals surface area contributed by atoms with Crippen molar-refractivity contribution < 1.29 is 0 Å². The fraction of sp³-hybridized carbons (Fsp3) is 0.700. The molecule has 0 aliphatic heterocycles. The van der Waals surface area contributed by atoms with Crippen molar-refractivity contribution in [3.05, 3.63) is 29.3 Å². The molecule has 1 aromatic carbocycles. The molecule has 0 aromatic heterocycles. The van der Waals surface area contributed by atoms with E-state index < -0.39 is 0 Å². The van der Waals surface area contributed by atoms with E-state index in [9.17, 15) is 0 Å². The Morgan fingerprint density at radius 3 is 2.48 bits per heavy atom. The lowest BCUT2D eigenvalue weighted by atomic mass is 9.82. The van der Waals surface area contributed by atoms with Crippen LogP contribution in [0.3, 0.4) is 0 Å². The lowest BCUT2D eigenvalue weighted by molar-refractivity contribution is 0.293. The highest BCUT2D eigenvalue weighted by molar-refractivity contribution is 5.54. The van der Waals surface area contributed by atoms with Crippen LogP contribution in [0.15, 0.2) is 18.2 Å².